The normalized spacial score (nSPS) is 12.1. The van der Waals surface area contributed by atoms with Gasteiger partial charge in [0.1, 0.15) is 0 Å². The predicted octanol–water partition coefficient (Wildman–Crippen LogP) is 8.19. The summed E-state index contributed by atoms with van der Waals surface area (Å²) in [7, 11) is -3.68. The average molecular weight is 637 g/mol. The minimum Gasteiger partial charge on any atom is -0.318 e. The van der Waals surface area contributed by atoms with E-state index >= 15 is 0 Å². The van der Waals surface area contributed by atoms with Crippen molar-refractivity contribution in [3.05, 3.63) is 203 Å². The molecule has 0 radical (unpaired) electrons. The molecule has 0 aromatic heterocycles. The molecule has 6 aromatic rings. The van der Waals surface area contributed by atoms with Gasteiger partial charge >= 0.3 is 0 Å². The number of sulfone groups is 1. The van der Waals surface area contributed by atoms with Crippen LogP contribution >= 0.6 is 0 Å². The molecular weight excluding hydrogens is 597 g/mol. The van der Waals surface area contributed by atoms with Gasteiger partial charge in [-0.3, -0.25) is 0 Å². The van der Waals surface area contributed by atoms with Crippen molar-refractivity contribution in [1.82, 2.24) is 0 Å². The van der Waals surface area contributed by atoms with Crippen molar-refractivity contribution >= 4 is 9.84 Å². The van der Waals surface area contributed by atoms with E-state index in [1.54, 1.807) is 24.3 Å². The summed E-state index contributed by atoms with van der Waals surface area (Å²) in [6, 6.07) is 54.9. The van der Waals surface area contributed by atoms with Crippen molar-refractivity contribution < 1.29 is 8.42 Å². The fourth-order valence-corrected chi connectivity index (χ4v) is 7.60. The SMILES string of the molecule is NC(CCc1ccc(S(=O)(=O)c2ccc(CCC(N)(c3ccccc3)c3ccccc3)cc2)cc1)(c1ccccc1)c1ccccc1. The van der Waals surface area contributed by atoms with Crippen molar-refractivity contribution in [2.24, 2.45) is 11.5 Å². The molecule has 0 bridgehead atoms. The monoisotopic (exact) mass is 636 g/mol. The van der Waals surface area contributed by atoms with E-state index in [2.05, 4.69) is 48.5 Å². The van der Waals surface area contributed by atoms with E-state index in [-0.39, 0.29) is 9.79 Å². The third kappa shape index (κ3) is 6.98. The Balaban J connectivity index is 1.15. The Hall–Kier alpha value is -4.81. The molecule has 0 aliphatic rings. The van der Waals surface area contributed by atoms with Crippen LogP contribution in [0.3, 0.4) is 0 Å². The topological polar surface area (TPSA) is 86.2 Å². The standard InChI is InChI=1S/C42H40N2O2S/c43-41(35-13-5-1-6-14-35,36-15-7-2-8-16-36)31-29-33-21-25-39(26-22-33)47(45,46)40-27-23-34(24-28-40)30-32-42(44,37-17-9-3-10-18-37)38-19-11-4-12-20-38/h1-28H,29-32,43-44H2. The molecular formula is C42H40N2O2S. The molecule has 0 aliphatic carbocycles. The molecule has 0 amide bonds. The largest absolute Gasteiger partial charge is 0.318 e. The Bertz CT molecular complexity index is 1760. The first-order chi connectivity index (χ1) is 22.8. The molecule has 6 rings (SSSR count). The van der Waals surface area contributed by atoms with Crippen LogP contribution in [0.5, 0.6) is 0 Å². The molecule has 0 saturated heterocycles. The highest BCUT2D eigenvalue weighted by atomic mass is 32.2. The minimum absolute atomic E-state index is 0.272. The van der Waals surface area contributed by atoms with E-state index in [9.17, 15) is 8.42 Å². The smallest absolute Gasteiger partial charge is 0.206 e. The van der Waals surface area contributed by atoms with Crippen molar-refractivity contribution in [3.63, 3.8) is 0 Å². The van der Waals surface area contributed by atoms with E-state index in [1.165, 1.54) is 0 Å². The van der Waals surface area contributed by atoms with Gasteiger partial charge in [-0.15, -0.1) is 0 Å². The predicted molar refractivity (Wildman–Crippen MR) is 191 cm³/mol. The lowest BCUT2D eigenvalue weighted by molar-refractivity contribution is 0.492. The fraction of sp³-hybridized carbons (Fsp3) is 0.143. The van der Waals surface area contributed by atoms with Gasteiger partial charge in [-0.05, 0) is 83.3 Å². The summed E-state index contributed by atoms with van der Waals surface area (Å²) < 4.78 is 27.2. The van der Waals surface area contributed by atoms with Crippen LogP contribution in [0.1, 0.15) is 46.2 Å². The lowest BCUT2D eigenvalue weighted by Gasteiger charge is -2.31. The Kier molecular flexibility index (Phi) is 9.50. The van der Waals surface area contributed by atoms with Gasteiger partial charge in [0.25, 0.3) is 0 Å². The van der Waals surface area contributed by atoms with Gasteiger partial charge in [-0.25, -0.2) is 8.42 Å². The van der Waals surface area contributed by atoms with Crippen LogP contribution in [0.25, 0.3) is 0 Å². The van der Waals surface area contributed by atoms with E-state index in [0.29, 0.717) is 25.7 Å². The third-order valence-corrected chi connectivity index (χ3v) is 11.0. The summed E-state index contributed by atoms with van der Waals surface area (Å²) in [5.41, 5.74) is 19.1. The highest BCUT2D eigenvalue weighted by Gasteiger charge is 2.30. The first-order valence-electron chi connectivity index (χ1n) is 16.0. The summed E-state index contributed by atoms with van der Waals surface area (Å²) in [6.45, 7) is 0. The minimum atomic E-state index is -3.68. The molecule has 0 spiro atoms. The molecule has 0 fully saturated rings. The van der Waals surface area contributed by atoms with Crippen LogP contribution in [0.4, 0.5) is 0 Å². The summed E-state index contributed by atoms with van der Waals surface area (Å²) in [6.07, 6.45) is 2.74. The lowest BCUT2D eigenvalue weighted by Crippen LogP contribution is -2.38. The van der Waals surface area contributed by atoms with Crippen molar-refractivity contribution in [2.45, 2.75) is 46.6 Å². The van der Waals surface area contributed by atoms with Gasteiger partial charge < -0.3 is 11.5 Å². The average Bonchev–Trinajstić information content (AvgIpc) is 3.14. The second-order valence-electron chi connectivity index (χ2n) is 12.2. The maximum atomic E-state index is 13.6. The molecule has 5 heteroatoms. The number of rotatable bonds is 12. The quantitative estimate of drug-likeness (QED) is 0.142. The van der Waals surface area contributed by atoms with Gasteiger partial charge in [0, 0.05) is 0 Å². The first-order valence-corrected chi connectivity index (χ1v) is 17.5. The second kappa shape index (κ2) is 13.9. The molecule has 4 N–H and O–H groups in total. The third-order valence-electron chi connectivity index (χ3n) is 9.24. The second-order valence-corrected chi connectivity index (χ2v) is 14.1. The zero-order valence-electron chi connectivity index (χ0n) is 26.4. The zero-order chi connectivity index (χ0) is 32.7. The fourth-order valence-electron chi connectivity index (χ4n) is 6.34. The number of hydrogen-bond acceptors (Lipinski definition) is 4. The van der Waals surface area contributed by atoms with Gasteiger partial charge in [-0.2, -0.15) is 0 Å². The van der Waals surface area contributed by atoms with Crippen LogP contribution < -0.4 is 11.5 Å². The van der Waals surface area contributed by atoms with Crippen molar-refractivity contribution in [1.29, 1.82) is 0 Å². The van der Waals surface area contributed by atoms with Crippen molar-refractivity contribution in [3.8, 4) is 0 Å². The summed E-state index contributed by atoms with van der Waals surface area (Å²) in [4.78, 5) is 0.543. The molecule has 236 valence electrons. The van der Waals surface area contributed by atoms with Gasteiger partial charge in [0.05, 0.1) is 20.9 Å². The highest BCUT2D eigenvalue weighted by molar-refractivity contribution is 7.91. The van der Waals surface area contributed by atoms with Crippen LogP contribution in [-0.2, 0) is 33.8 Å². The molecule has 47 heavy (non-hydrogen) atoms. The van der Waals surface area contributed by atoms with E-state index in [1.807, 2.05) is 97.1 Å². The van der Waals surface area contributed by atoms with Crippen molar-refractivity contribution in [2.75, 3.05) is 0 Å². The molecule has 0 heterocycles. The maximum absolute atomic E-state index is 13.6. The number of benzene rings is 6. The van der Waals surface area contributed by atoms with Crippen LogP contribution in [0.15, 0.2) is 180 Å². The molecule has 6 aromatic carbocycles. The number of aryl methyl sites for hydroxylation is 2. The first kappa shape index (κ1) is 32.1. The molecule has 0 atom stereocenters. The molecule has 0 saturated carbocycles. The summed E-state index contributed by atoms with van der Waals surface area (Å²) in [5, 5.41) is 0. The Morgan fingerprint density at radius 1 is 0.383 bits per heavy atom. The van der Waals surface area contributed by atoms with E-state index in [0.717, 1.165) is 33.4 Å². The van der Waals surface area contributed by atoms with Crippen LogP contribution in [0.2, 0.25) is 0 Å². The molecule has 0 unspecified atom stereocenters. The molecule has 0 aliphatic heterocycles. The van der Waals surface area contributed by atoms with Gasteiger partial charge in [0.2, 0.25) is 9.84 Å². The molecule has 4 nitrogen and oxygen atoms in total. The Morgan fingerprint density at radius 2 is 0.638 bits per heavy atom. The van der Waals surface area contributed by atoms with Gasteiger partial charge in [-0.1, -0.05) is 146 Å². The van der Waals surface area contributed by atoms with E-state index in [4.69, 9.17) is 11.5 Å². The van der Waals surface area contributed by atoms with Crippen LogP contribution in [0, 0.1) is 0 Å². The maximum Gasteiger partial charge on any atom is 0.206 e. The Labute approximate surface area is 278 Å². The lowest BCUT2D eigenvalue weighted by atomic mass is 9.79. The van der Waals surface area contributed by atoms with Gasteiger partial charge in [0.15, 0.2) is 0 Å². The number of hydrogen-bond donors (Lipinski definition) is 2. The van der Waals surface area contributed by atoms with E-state index < -0.39 is 20.9 Å². The summed E-state index contributed by atoms with van der Waals surface area (Å²) in [5.74, 6) is 0. The Morgan fingerprint density at radius 3 is 0.894 bits per heavy atom. The zero-order valence-corrected chi connectivity index (χ0v) is 27.2. The number of nitrogens with two attached hydrogens (primary N) is 2. The summed E-state index contributed by atoms with van der Waals surface area (Å²) >= 11 is 0. The highest BCUT2D eigenvalue weighted by Crippen LogP contribution is 2.34. The van der Waals surface area contributed by atoms with Crippen LogP contribution in [-0.4, -0.2) is 8.42 Å².